The van der Waals surface area contributed by atoms with E-state index < -0.39 is 10.8 Å². The molecule has 1 aliphatic heterocycles. The molecule has 0 fully saturated rings. The molecule has 0 spiro atoms. The van der Waals surface area contributed by atoms with Gasteiger partial charge in [-0.2, -0.15) is 9.78 Å². The van der Waals surface area contributed by atoms with Gasteiger partial charge in [-0.1, -0.05) is 23.4 Å². The molecule has 0 unspecified atom stereocenters. The molecule has 14 nitrogen and oxygen atoms in total. The van der Waals surface area contributed by atoms with Crippen LogP contribution in [0.2, 0.25) is 0 Å². The molecule has 0 radical (unpaired) electrons. The number of hydrogen-bond acceptors (Lipinski definition) is 11. The molecule has 0 aliphatic carbocycles. The van der Waals surface area contributed by atoms with Crippen molar-refractivity contribution >= 4 is 29.3 Å². The van der Waals surface area contributed by atoms with Crippen LogP contribution >= 0.6 is 0 Å². The van der Waals surface area contributed by atoms with Crippen LogP contribution in [0.25, 0.3) is 5.82 Å². The highest BCUT2D eigenvalue weighted by atomic mass is 16.6. The molecular formula is C22H20N10O4. The molecule has 1 aliphatic rings. The van der Waals surface area contributed by atoms with Crippen molar-refractivity contribution in [3.63, 3.8) is 0 Å². The van der Waals surface area contributed by atoms with Crippen LogP contribution in [-0.2, 0) is 13.0 Å². The Morgan fingerprint density at radius 3 is 2.78 bits per heavy atom. The maximum Gasteiger partial charge on any atom is 0.293 e. The highest BCUT2D eigenvalue weighted by Gasteiger charge is 2.27. The zero-order chi connectivity index (χ0) is 25.1. The number of fused-ring (bicyclic) bond motifs is 1. The largest absolute Gasteiger partial charge is 0.378 e. The van der Waals surface area contributed by atoms with Gasteiger partial charge in [0.2, 0.25) is 11.6 Å². The van der Waals surface area contributed by atoms with Crippen molar-refractivity contribution in [3.05, 3.63) is 81.2 Å². The molecule has 14 heteroatoms. The Bertz CT molecular complexity index is 1440. The SMILES string of the molecule is Nc1nonc1-n1nnc(C(=O)NN=Cc2ccc([N+](=O)[O-])cc2)c1CN1CCCc2ccccc21. The summed E-state index contributed by atoms with van der Waals surface area (Å²) >= 11 is 0. The van der Waals surface area contributed by atoms with E-state index in [1.54, 1.807) is 0 Å². The maximum atomic E-state index is 13.0. The van der Waals surface area contributed by atoms with Crippen LogP contribution in [-0.4, -0.2) is 48.9 Å². The fourth-order valence-electron chi connectivity index (χ4n) is 3.98. The second-order valence-electron chi connectivity index (χ2n) is 7.97. The number of anilines is 2. The van der Waals surface area contributed by atoms with Gasteiger partial charge in [-0.3, -0.25) is 14.9 Å². The number of nitrogens with zero attached hydrogens (tertiary/aromatic N) is 8. The lowest BCUT2D eigenvalue weighted by atomic mass is 10.0. The Morgan fingerprint density at radius 1 is 1.22 bits per heavy atom. The van der Waals surface area contributed by atoms with E-state index in [4.69, 9.17) is 10.4 Å². The van der Waals surface area contributed by atoms with E-state index in [1.807, 2.05) is 18.2 Å². The quantitative estimate of drug-likeness (QED) is 0.221. The first-order valence-corrected chi connectivity index (χ1v) is 10.9. The topological polar surface area (TPSA) is 183 Å². The van der Waals surface area contributed by atoms with Crippen molar-refractivity contribution in [3.8, 4) is 5.82 Å². The molecule has 182 valence electrons. The van der Waals surface area contributed by atoms with Gasteiger partial charge in [0.15, 0.2) is 5.69 Å². The van der Waals surface area contributed by atoms with Crippen molar-refractivity contribution in [2.45, 2.75) is 19.4 Å². The van der Waals surface area contributed by atoms with E-state index in [0.717, 1.165) is 25.1 Å². The molecule has 0 atom stereocenters. The summed E-state index contributed by atoms with van der Waals surface area (Å²) in [5, 5.41) is 30.3. The summed E-state index contributed by atoms with van der Waals surface area (Å²) in [7, 11) is 0. The van der Waals surface area contributed by atoms with E-state index in [2.05, 4.69) is 42.1 Å². The molecule has 36 heavy (non-hydrogen) atoms. The Kier molecular flexibility index (Phi) is 6.05. The second-order valence-corrected chi connectivity index (χ2v) is 7.97. The standard InChI is InChI=1S/C22H20N10O4/c23-20-21(28-36-27-20)31-18(13-30-11-3-5-15-4-1-2-6-17(15)30)19(25-29-31)22(33)26-24-12-14-7-9-16(10-8-14)32(34)35/h1-2,4,6-10,12H,3,5,11,13H2,(H2,23,27)(H,26,33). The summed E-state index contributed by atoms with van der Waals surface area (Å²) in [6.07, 6.45) is 3.29. The van der Waals surface area contributed by atoms with E-state index in [9.17, 15) is 14.9 Å². The number of rotatable bonds is 7. The predicted molar refractivity (Wildman–Crippen MR) is 128 cm³/mol. The highest BCUT2D eigenvalue weighted by molar-refractivity contribution is 5.94. The normalized spacial score (nSPS) is 13.1. The van der Waals surface area contributed by atoms with Gasteiger partial charge in [-0.25, -0.2) is 10.1 Å². The molecule has 2 aromatic heterocycles. The Morgan fingerprint density at radius 2 is 2.03 bits per heavy atom. The Hall–Kier alpha value is -5.14. The zero-order valence-corrected chi connectivity index (χ0v) is 18.8. The molecule has 2 aromatic carbocycles. The van der Waals surface area contributed by atoms with Gasteiger partial charge in [0.05, 0.1) is 23.4 Å². The minimum Gasteiger partial charge on any atom is -0.378 e. The Labute approximate surface area is 203 Å². The number of carbonyl (C=O) groups excluding carboxylic acids is 1. The van der Waals surface area contributed by atoms with Crippen molar-refractivity contribution in [2.24, 2.45) is 5.10 Å². The van der Waals surface area contributed by atoms with E-state index in [0.29, 0.717) is 17.8 Å². The molecule has 1 amide bonds. The van der Waals surface area contributed by atoms with Gasteiger partial charge in [-0.15, -0.1) is 5.10 Å². The molecule has 5 rings (SSSR count). The number of nitro benzene ring substituents is 1. The smallest absolute Gasteiger partial charge is 0.293 e. The maximum absolute atomic E-state index is 13.0. The Balaban J connectivity index is 1.41. The van der Waals surface area contributed by atoms with Crippen LogP contribution in [0.3, 0.4) is 0 Å². The number of carbonyl (C=O) groups is 1. The highest BCUT2D eigenvalue weighted by Crippen LogP contribution is 2.29. The molecular weight excluding hydrogens is 468 g/mol. The van der Waals surface area contributed by atoms with Crippen LogP contribution < -0.4 is 16.1 Å². The number of aromatic nitrogens is 5. The monoisotopic (exact) mass is 488 g/mol. The molecule has 4 aromatic rings. The fourth-order valence-corrected chi connectivity index (χ4v) is 3.98. The lowest BCUT2D eigenvalue weighted by molar-refractivity contribution is -0.384. The number of hydrazone groups is 1. The zero-order valence-electron chi connectivity index (χ0n) is 18.8. The van der Waals surface area contributed by atoms with E-state index in [-0.39, 0.29) is 23.0 Å². The van der Waals surface area contributed by atoms with Gasteiger partial charge in [0.25, 0.3) is 11.6 Å². The molecule has 0 saturated heterocycles. The van der Waals surface area contributed by atoms with Crippen LogP contribution in [0.5, 0.6) is 0 Å². The van der Waals surface area contributed by atoms with Gasteiger partial charge in [0.1, 0.15) is 0 Å². The van der Waals surface area contributed by atoms with Crippen molar-refractivity contribution in [1.29, 1.82) is 0 Å². The second kappa shape index (κ2) is 9.61. The van der Waals surface area contributed by atoms with Gasteiger partial charge in [0, 0.05) is 24.4 Å². The van der Waals surface area contributed by atoms with Gasteiger partial charge >= 0.3 is 0 Å². The first-order valence-electron chi connectivity index (χ1n) is 10.9. The number of nitrogens with two attached hydrogens (primary N) is 1. The number of non-ortho nitro benzene ring substituents is 1. The average molecular weight is 488 g/mol. The number of amides is 1. The number of benzene rings is 2. The number of nitro groups is 1. The summed E-state index contributed by atoms with van der Waals surface area (Å²) in [5.74, 6) is -0.477. The number of nitrogen functional groups attached to an aromatic ring is 1. The predicted octanol–water partition coefficient (Wildman–Crippen LogP) is 1.86. The lowest BCUT2D eigenvalue weighted by Crippen LogP contribution is -2.31. The van der Waals surface area contributed by atoms with Crippen molar-refractivity contribution in [1.82, 2.24) is 30.7 Å². The number of para-hydroxylation sites is 1. The van der Waals surface area contributed by atoms with Crippen LogP contribution in [0.15, 0.2) is 58.3 Å². The summed E-state index contributed by atoms with van der Waals surface area (Å²) < 4.78 is 6.05. The summed E-state index contributed by atoms with van der Waals surface area (Å²) in [5.41, 5.74) is 11.6. The number of hydrogen-bond donors (Lipinski definition) is 2. The molecule has 0 saturated carbocycles. The third-order valence-electron chi connectivity index (χ3n) is 5.71. The minimum atomic E-state index is -0.602. The molecule has 0 bridgehead atoms. The fraction of sp³-hybridized carbons (Fsp3) is 0.182. The van der Waals surface area contributed by atoms with Crippen LogP contribution in [0.1, 0.15) is 33.7 Å². The molecule has 3 N–H and O–H groups in total. The number of aryl methyl sites for hydroxylation is 1. The first kappa shape index (κ1) is 22.6. The third kappa shape index (κ3) is 4.46. The van der Waals surface area contributed by atoms with E-state index in [1.165, 1.54) is 40.7 Å². The van der Waals surface area contributed by atoms with Crippen LogP contribution in [0, 0.1) is 10.1 Å². The van der Waals surface area contributed by atoms with Crippen molar-refractivity contribution in [2.75, 3.05) is 17.2 Å². The average Bonchev–Trinajstić information content (AvgIpc) is 3.50. The lowest BCUT2D eigenvalue weighted by Gasteiger charge is -2.31. The number of nitrogens with one attached hydrogen (secondary N) is 1. The summed E-state index contributed by atoms with van der Waals surface area (Å²) in [6.45, 7) is 1.07. The third-order valence-corrected chi connectivity index (χ3v) is 5.71. The molecule has 3 heterocycles. The minimum absolute atomic E-state index is 0.00310. The van der Waals surface area contributed by atoms with Gasteiger partial charge < -0.3 is 10.6 Å². The summed E-state index contributed by atoms with van der Waals surface area (Å²) in [4.78, 5) is 25.5. The summed E-state index contributed by atoms with van der Waals surface area (Å²) in [6, 6.07) is 13.8. The van der Waals surface area contributed by atoms with Crippen LogP contribution in [0.4, 0.5) is 17.2 Å². The van der Waals surface area contributed by atoms with Gasteiger partial charge in [-0.05, 0) is 52.5 Å². The van der Waals surface area contributed by atoms with E-state index >= 15 is 0 Å². The van der Waals surface area contributed by atoms with Crippen molar-refractivity contribution < 1.29 is 14.3 Å². The first-order chi connectivity index (χ1) is 17.5.